The summed E-state index contributed by atoms with van der Waals surface area (Å²) in [7, 11) is 1.77. The molecule has 0 heterocycles. The minimum absolute atomic E-state index is 0.178. The molecule has 0 spiro atoms. The summed E-state index contributed by atoms with van der Waals surface area (Å²) in [6.45, 7) is 0.953. The minimum atomic E-state index is -0.826. The Hall–Kier alpha value is -1.62. The number of hydrogen-bond acceptors (Lipinski definition) is 3. The van der Waals surface area contributed by atoms with Crippen molar-refractivity contribution in [1.82, 2.24) is 5.32 Å². The van der Waals surface area contributed by atoms with E-state index in [1.54, 1.807) is 7.05 Å². The standard InChI is InChI=1S/C10H13FN2O2/c1-13-5-6-15-8-4-2-3-7(11)9(8)10(12)14/h2-4,13H,5-6H2,1H3,(H2,12,14). The first-order valence-corrected chi connectivity index (χ1v) is 4.52. The van der Waals surface area contributed by atoms with E-state index in [1.165, 1.54) is 18.2 Å². The zero-order valence-electron chi connectivity index (χ0n) is 8.42. The van der Waals surface area contributed by atoms with E-state index in [0.717, 1.165) is 0 Å². The molecule has 1 aromatic carbocycles. The summed E-state index contributed by atoms with van der Waals surface area (Å²) in [5.74, 6) is -1.31. The fourth-order valence-electron chi connectivity index (χ4n) is 1.13. The molecule has 0 aliphatic carbocycles. The number of primary amides is 1. The van der Waals surface area contributed by atoms with Gasteiger partial charge in [-0.3, -0.25) is 4.79 Å². The number of likely N-dealkylation sites (N-methyl/N-ethyl adjacent to an activating group) is 1. The zero-order valence-corrected chi connectivity index (χ0v) is 8.42. The number of amides is 1. The first-order valence-electron chi connectivity index (χ1n) is 4.52. The SMILES string of the molecule is CNCCOc1cccc(F)c1C(N)=O. The average Bonchev–Trinajstić information content (AvgIpc) is 2.17. The van der Waals surface area contributed by atoms with Gasteiger partial charge < -0.3 is 15.8 Å². The first-order chi connectivity index (χ1) is 7.16. The van der Waals surface area contributed by atoms with E-state index in [0.29, 0.717) is 13.2 Å². The Bertz CT molecular complexity index is 355. The minimum Gasteiger partial charge on any atom is -0.491 e. The van der Waals surface area contributed by atoms with Crippen LogP contribution in [-0.2, 0) is 0 Å². The predicted molar refractivity (Wildman–Crippen MR) is 54.3 cm³/mol. The molecule has 0 radical (unpaired) electrons. The van der Waals surface area contributed by atoms with E-state index in [4.69, 9.17) is 10.5 Å². The van der Waals surface area contributed by atoms with Crippen LogP contribution < -0.4 is 15.8 Å². The maximum atomic E-state index is 13.2. The molecule has 0 bridgehead atoms. The first kappa shape index (κ1) is 11.5. The van der Waals surface area contributed by atoms with E-state index in [2.05, 4.69) is 5.32 Å². The van der Waals surface area contributed by atoms with Crippen molar-refractivity contribution in [3.05, 3.63) is 29.6 Å². The molecule has 0 saturated heterocycles. The van der Waals surface area contributed by atoms with Crippen molar-refractivity contribution in [2.24, 2.45) is 5.73 Å². The summed E-state index contributed by atoms with van der Waals surface area (Å²) < 4.78 is 18.4. The van der Waals surface area contributed by atoms with Gasteiger partial charge in [0.1, 0.15) is 23.7 Å². The lowest BCUT2D eigenvalue weighted by Crippen LogP contribution is -2.19. The van der Waals surface area contributed by atoms with E-state index in [9.17, 15) is 9.18 Å². The number of rotatable bonds is 5. The molecular formula is C10H13FN2O2. The van der Waals surface area contributed by atoms with E-state index in [-0.39, 0.29) is 11.3 Å². The Balaban J connectivity index is 2.86. The van der Waals surface area contributed by atoms with E-state index >= 15 is 0 Å². The summed E-state index contributed by atoms with van der Waals surface area (Å²) in [6, 6.07) is 4.15. The molecule has 15 heavy (non-hydrogen) atoms. The van der Waals surface area contributed by atoms with Crippen LogP contribution in [0.4, 0.5) is 4.39 Å². The Morgan fingerprint density at radius 2 is 2.33 bits per heavy atom. The number of hydrogen-bond donors (Lipinski definition) is 2. The van der Waals surface area contributed by atoms with Crippen molar-refractivity contribution >= 4 is 5.91 Å². The summed E-state index contributed by atoms with van der Waals surface area (Å²) >= 11 is 0. The van der Waals surface area contributed by atoms with Crippen LogP contribution in [0.25, 0.3) is 0 Å². The molecule has 0 saturated carbocycles. The van der Waals surface area contributed by atoms with Gasteiger partial charge in [0.05, 0.1) is 0 Å². The normalized spacial score (nSPS) is 10.0. The summed E-state index contributed by atoms with van der Waals surface area (Å²) in [6.07, 6.45) is 0. The van der Waals surface area contributed by atoms with Gasteiger partial charge in [0, 0.05) is 6.54 Å². The zero-order chi connectivity index (χ0) is 11.3. The number of carbonyl (C=O) groups excluding carboxylic acids is 1. The monoisotopic (exact) mass is 212 g/mol. The number of nitrogens with one attached hydrogen (secondary N) is 1. The second-order valence-corrected chi connectivity index (χ2v) is 2.93. The molecule has 82 valence electrons. The highest BCUT2D eigenvalue weighted by atomic mass is 19.1. The van der Waals surface area contributed by atoms with Crippen LogP contribution in [0.2, 0.25) is 0 Å². The molecule has 1 rings (SSSR count). The van der Waals surface area contributed by atoms with Crippen LogP contribution in [0, 0.1) is 5.82 Å². The van der Waals surface area contributed by atoms with Crippen molar-refractivity contribution in [2.75, 3.05) is 20.2 Å². The molecular weight excluding hydrogens is 199 g/mol. The Morgan fingerprint density at radius 1 is 1.60 bits per heavy atom. The maximum Gasteiger partial charge on any atom is 0.255 e. The summed E-state index contributed by atoms with van der Waals surface area (Å²) in [4.78, 5) is 11.0. The number of nitrogens with two attached hydrogens (primary N) is 1. The second-order valence-electron chi connectivity index (χ2n) is 2.93. The van der Waals surface area contributed by atoms with E-state index in [1.807, 2.05) is 0 Å². The maximum absolute atomic E-state index is 13.2. The highest BCUT2D eigenvalue weighted by Crippen LogP contribution is 2.20. The number of benzene rings is 1. The second kappa shape index (κ2) is 5.31. The van der Waals surface area contributed by atoms with Gasteiger partial charge in [0.15, 0.2) is 0 Å². The third-order valence-corrected chi connectivity index (χ3v) is 1.83. The van der Waals surface area contributed by atoms with Crippen LogP contribution in [0.5, 0.6) is 5.75 Å². The van der Waals surface area contributed by atoms with Gasteiger partial charge in [-0.15, -0.1) is 0 Å². The van der Waals surface area contributed by atoms with Gasteiger partial charge in [0.2, 0.25) is 0 Å². The highest BCUT2D eigenvalue weighted by molar-refractivity contribution is 5.95. The van der Waals surface area contributed by atoms with Crippen molar-refractivity contribution in [3.8, 4) is 5.75 Å². The average molecular weight is 212 g/mol. The highest BCUT2D eigenvalue weighted by Gasteiger charge is 2.14. The van der Waals surface area contributed by atoms with Gasteiger partial charge in [-0.05, 0) is 19.2 Å². The van der Waals surface area contributed by atoms with Crippen LogP contribution >= 0.6 is 0 Å². The Morgan fingerprint density at radius 3 is 2.93 bits per heavy atom. The van der Waals surface area contributed by atoms with Crippen molar-refractivity contribution in [1.29, 1.82) is 0 Å². The number of ether oxygens (including phenoxy) is 1. The van der Waals surface area contributed by atoms with Crippen molar-refractivity contribution in [3.63, 3.8) is 0 Å². The molecule has 1 amide bonds. The molecule has 1 aromatic rings. The van der Waals surface area contributed by atoms with Crippen LogP contribution in [0.15, 0.2) is 18.2 Å². The fraction of sp³-hybridized carbons (Fsp3) is 0.300. The molecule has 0 aromatic heterocycles. The van der Waals surface area contributed by atoms with Gasteiger partial charge >= 0.3 is 0 Å². The molecule has 4 nitrogen and oxygen atoms in total. The third kappa shape index (κ3) is 2.92. The molecule has 0 atom stereocenters. The lowest BCUT2D eigenvalue weighted by Gasteiger charge is -2.09. The quantitative estimate of drug-likeness (QED) is 0.699. The van der Waals surface area contributed by atoms with Crippen LogP contribution in [0.3, 0.4) is 0 Å². The lowest BCUT2D eigenvalue weighted by molar-refractivity contribution is 0.0992. The number of halogens is 1. The summed E-state index contributed by atoms with van der Waals surface area (Å²) in [5, 5.41) is 2.87. The lowest BCUT2D eigenvalue weighted by atomic mass is 10.2. The van der Waals surface area contributed by atoms with Crippen molar-refractivity contribution < 1.29 is 13.9 Å². The molecule has 0 unspecified atom stereocenters. The topological polar surface area (TPSA) is 64.3 Å². The van der Waals surface area contributed by atoms with Crippen LogP contribution in [0.1, 0.15) is 10.4 Å². The summed E-state index contributed by atoms with van der Waals surface area (Å²) in [5.41, 5.74) is 4.84. The smallest absolute Gasteiger partial charge is 0.255 e. The molecule has 0 aliphatic heterocycles. The van der Waals surface area contributed by atoms with Gasteiger partial charge in [-0.25, -0.2) is 4.39 Å². The van der Waals surface area contributed by atoms with Gasteiger partial charge in [0.25, 0.3) is 5.91 Å². The molecule has 0 fully saturated rings. The number of carbonyl (C=O) groups is 1. The fourth-order valence-corrected chi connectivity index (χ4v) is 1.13. The third-order valence-electron chi connectivity index (χ3n) is 1.83. The van der Waals surface area contributed by atoms with Crippen molar-refractivity contribution in [2.45, 2.75) is 0 Å². The molecule has 3 N–H and O–H groups in total. The largest absolute Gasteiger partial charge is 0.491 e. The van der Waals surface area contributed by atoms with Gasteiger partial charge in [-0.1, -0.05) is 6.07 Å². The van der Waals surface area contributed by atoms with E-state index < -0.39 is 11.7 Å². The predicted octanol–water partition coefficient (Wildman–Crippen LogP) is 0.523. The Kier molecular flexibility index (Phi) is 4.05. The Labute approximate surface area is 87.2 Å². The van der Waals surface area contributed by atoms with Crippen LogP contribution in [-0.4, -0.2) is 26.1 Å². The molecule has 5 heteroatoms. The van der Waals surface area contributed by atoms with Gasteiger partial charge in [-0.2, -0.15) is 0 Å². The molecule has 0 aliphatic rings.